The van der Waals surface area contributed by atoms with Gasteiger partial charge in [0.15, 0.2) is 0 Å². The lowest BCUT2D eigenvalue weighted by Crippen LogP contribution is -2.83. The monoisotopic (exact) mass is 357 g/mol. The maximum atomic E-state index is 12.4. The first kappa shape index (κ1) is 17.3. The molecule has 0 fully saturated rings. The fourth-order valence-electron chi connectivity index (χ4n) is 2.83. The number of benzene rings is 1. The molecule has 1 aromatic carbocycles. The molecule has 0 atom stereocenters. The summed E-state index contributed by atoms with van der Waals surface area (Å²) in [6.07, 6.45) is -0.315. The fourth-order valence-corrected chi connectivity index (χ4v) is 2.83. The predicted molar refractivity (Wildman–Crippen MR) is 90.9 cm³/mol. The van der Waals surface area contributed by atoms with E-state index in [0.717, 1.165) is 4.57 Å². The van der Waals surface area contributed by atoms with Crippen LogP contribution >= 0.6 is 0 Å². The Kier molecular flexibility index (Phi) is 4.29. The highest BCUT2D eigenvalue weighted by Crippen LogP contribution is 2.23. The van der Waals surface area contributed by atoms with Crippen LogP contribution < -0.4 is 37.0 Å². The van der Waals surface area contributed by atoms with E-state index in [2.05, 4.69) is 10.3 Å². The second-order valence-electron chi connectivity index (χ2n) is 5.79. The summed E-state index contributed by atoms with van der Waals surface area (Å²) in [6, 6.07) is 6.83. The Bertz CT molecular complexity index is 1170. The summed E-state index contributed by atoms with van der Waals surface area (Å²) < 4.78 is 7.23. The SMILES string of the molecule is COc1ccccc1NC(=O)CC1=c2c(=O)n(C)c(=O)n(C)c2=[NH+]C1=O. The van der Waals surface area contributed by atoms with Crippen LogP contribution in [0.15, 0.2) is 33.9 Å². The zero-order valence-corrected chi connectivity index (χ0v) is 14.5. The number of anilines is 1. The van der Waals surface area contributed by atoms with Crippen LogP contribution in [0.1, 0.15) is 6.42 Å². The molecule has 9 heteroatoms. The Balaban J connectivity index is 2.04. The lowest BCUT2D eigenvalue weighted by atomic mass is 10.1. The van der Waals surface area contributed by atoms with Gasteiger partial charge < -0.3 is 10.1 Å². The highest BCUT2D eigenvalue weighted by Gasteiger charge is 2.28. The van der Waals surface area contributed by atoms with Crippen molar-refractivity contribution in [3.05, 3.63) is 55.8 Å². The first-order chi connectivity index (χ1) is 12.3. The molecule has 1 aliphatic heterocycles. The van der Waals surface area contributed by atoms with E-state index in [1.165, 1.54) is 25.8 Å². The zero-order chi connectivity index (χ0) is 19.0. The number of amides is 2. The van der Waals surface area contributed by atoms with E-state index in [0.29, 0.717) is 11.4 Å². The molecule has 0 radical (unpaired) electrons. The zero-order valence-electron chi connectivity index (χ0n) is 14.5. The summed E-state index contributed by atoms with van der Waals surface area (Å²) in [5.74, 6) is -0.586. The lowest BCUT2D eigenvalue weighted by molar-refractivity contribution is -0.412. The Morgan fingerprint density at radius 2 is 1.85 bits per heavy atom. The van der Waals surface area contributed by atoms with Crippen molar-refractivity contribution in [2.75, 3.05) is 12.4 Å². The van der Waals surface area contributed by atoms with Gasteiger partial charge in [-0.15, -0.1) is 0 Å². The van der Waals surface area contributed by atoms with Gasteiger partial charge in [0.1, 0.15) is 11.0 Å². The summed E-state index contributed by atoms with van der Waals surface area (Å²) >= 11 is 0. The molecule has 0 unspecified atom stereocenters. The van der Waals surface area contributed by atoms with E-state index >= 15 is 0 Å². The minimum absolute atomic E-state index is 0.0172. The van der Waals surface area contributed by atoms with Crippen LogP contribution in [0.5, 0.6) is 5.75 Å². The maximum Gasteiger partial charge on any atom is 0.417 e. The molecule has 0 saturated carbocycles. The van der Waals surface area contributed by atoms with Gasteiger partial charge in [0.2, 0.25) is 5.91 Å². The maximum absolute atomic E-state index is 12.4. The second kappa shape index (κ2) is 6.43. The highest BCUT2D eigenvalue weighted by atomic mass is 16.5. The number of nitrogens with zero attached hydrogens (tertiary/aromatic N) is 2. The summed E-state index contributed by atoms with van der Waals surface area (Å²) in [6.45, 7) is 0. The Morgan fingerprint density at radius 3 is 2.54 bits per heavy atom. The van der Waals surface area contributed by atoms with Gasteiger partial charge in [-0.3, -0.25) is 9.59 Å². The number of aromatic nitrogens is 2. The minimum Gasteiger partial charge on any atom is -0.495 e. The summed E-state index contributed by atoms with van der Waals surface area (Å²) in [7, 11) is 4.24. The number of carbonyl (C=O) groups excluding carboxylic acids is 2. The van der Waals surface area contributed by atoms with Crippen LogP contribution in [-0.2, 0) is 23.7 Å². The van der Waals surface area contributed by atoms with E-state index in [1.54, 1.807) is 24.3 Å². The van der Waals surface area contributed by atoms with E-state index in [1.807, 2.05) is 0 Å². The molecule has 134 valence electrons. The first-order valence-corrected chi connectivity index (χ1v) is 7.75. The number of ether oxygens (including phenoxy) is 1. The molecule has 2 heterocycles. The summed E-state index contributed by atoms with van der Waals surface area (Å²) in [5, 5.41) is 2.69. The number of carbonyl (C=O) groups is 2. The molecular formula is C17H17N4O5+. The van der Waals surface area contributed by atoms with Crippen LogP contribution in [0.3, 0.4) is 0 Å². The molecule has 0 bridgehead atoms. The quantitative estimate of drug-likeness (QED) is 0.590. The third-order valence-corrected chi connectivity index (χ3v) is 4.19. The average molecular weight is 357 g/mol. The third kappa shape index (κ3) is 2.73. The lowest BCUT2D eigenvalue weighted by Gasteiger charge is -2.09. The Labute approximate surface area is 146 Å². The summed E-state index contributed by atoms with van der Waals surface area (Å²) in [5.41, 5.74) is -0.616. The van der Waals surface area contributed by atoms with Crippen LogP contribution in [0.25, 0.3) is 5.57 Å². The molecule has 2 amide bonds. The van der Waals surface area contributed by atoms with Gasteiger partial charge in [0.25, 0.3) is 11.0 Å². The number of para-hydroxylation sites is 2. The van der Waals surface area contributed by atoms with Gasteiger partial charge >= 0.3 is 11.6 Å². The topological polar surface area (TPSA) is 113 Å². The Morgan fingerprint density at radius 1 is 1.15 bits per heavy atom. The van der Waals surface area contributed by atoms with E-state index in [9.17, 15) is 19.2 Å². The van der Waals surface area contributed by atoms with E-state index < -0.39 is 23.1 Å². The molecule has 2 aromatic rings. The second-order valence-corrected chi connectivity index (χ2v) is 5.79. The number of rotatable bonds is 4. The van der Waals surface area contributed by atoms with Crippen LogP contribution in [0.4, 0.5) is 5.69 Å². The predicted octanol–water partition coefficient (Wildman–Crippen LogP) is -3.49. The fraction of sp³-hybridized carbons (Fsp3) is 0.235. The van der Waals surface area contributed by atoms with Gasteiger partial charge in [0.05, 0.1) is 31.8 Å². The number of hydrogen-bond acceptors (Lipinski definition) is 5. The van der Waals surface area contributed by atoms with Gasteiger partial charge in [0, 0.05) is 7.05 Å². The normalized spacial score (nSPS) is 12.6. The van der Waals surface area contributed by atoms with Gasteiger partial charge in [-0.1, -0.05) is 12.1 Å². The number of hydrogen-bond donors (Lipinski definition) is 2. The molecule has 26 heavy (non-hydrogen) atoms. The van der Waals surface area contributed by atoms with Gasteiger partial charge in [-0.25, -0.2) is 19.1 Å². The van der Waals surface area contributed by atoms with Crippen LogP contribution in [-0.4, -0.2) is 28.1 Å². The molecule has 9 nitrogen and oxygen atoms in total. The third-order valence-electron chi connectivity index (χ3n) is 4.19. The smallest absolute Gasteiger partial charge is 0.417 e. The molecule has 0 saturated heterocycles. The largest absolute Gasteiger partial charge is 0.495 e. The van der Waals surface area contributed by atoms with Crippen molar-refractivity contribution < 1.29 is 19.3 Å². The van der Waals surface area contributed by atoms with Gasteiger partial charge in [-0.2, -0.15) is 4.57 Å². The number of nitrogens with one attached hydrogen (secondary N) is 2. The van der Waals surface area contributed by atoms with Crippen molar-refractivity contribution in [2.45, 2.75) is 6.42 Å². The molecule has 0 aliphatic carbocycles. The molecule has 2 N–H and O–H groups in total. The van der Waals surface area contributed by atoms with Crippen molar-refractivity contribution in [2.24, 2.45) is 14.1 Å². The molecule has 0 spiro atoms. The van der Waals surface area contributed by atoms with Crippen molar-refractivity contribution >= 4 is 23.1 Å². The summed E-state index contributed by atoms with van der Waals surface area (Å²) in [4.78, 5) is 51.5. The van der Waals surface area contributed by atoms with Crippen molar-refractivity contribution in [1.82, 2.24) is 9.13 Å². The molecule has 1 aromatic heterocycles. The first-order valence-electron chi connectivity index (χ1n) is 7.75. The number of methoxy groups -OCH3 is 1. The standard InChI is InChI=1S/C17H16N4O5/c1-20-14-13(16(24)21(2)17(20)25)9(15(23)19-14)8-12(22)18-10-6-4-5-7-11(10)26-3/h4-7H,8H2,1-3H3,(H,18,22)/p+1. The highest BCUT2D eigenvalue weighted by molar-refractivity contribution is 6.15. The van der Waals surface area contributed by atoms with Crippen molar-refractivity contribution in [1.29, 1.82) is 0 Å². The molecule has 1 aliphatic rings. The number of fused-ring (bicyclic) bond motifs is 1. The van der Waals surface area contributed by atoms with E-state index in [-0.39, 0.29) is 22.7 Å². The Hall–Kier alpha value is -3.49. The molecular weight excluding hydrogens is 340 g/mol. The van der Waals surface area contributed by atoms with Crippen LogP contribution in [0.2, 0.25) is 0 Å². The minimum atomic E-state index is -0.624. The van der Waals surface area contributed by atoms with Gasteiger partial charge in [-0.05, 0) is 12.1 Å². The average Bonchev–Trinajstić information content (AvgIpc) is 2.95. The van der Waals surface area contributed by atoms with E-state index in [4.69, 9.17) is 4.74 Å². The van der Waals surface area contributed by atoms with Crippen molar-refractivity contribution in [3.8, 4) is 5.75 Å². The van der Waals surface area contributed by atoms with Crippen molar-refractivity contribution in [3.63, 3.8) is 0 Å². The molecule has 3 rings (SSSR count). The van der Waals surface area contributed by atoms with Crippen LogP contribution in [0, 0.1) is 0 Å².